The molecule has 0 aliphatic carbocycles. The maximum Gasteiger partial charge on any atom is 0.164 e. The Kier molecular flexibility index (Phi) is 7.73. The highest BCUT2D eigenvalue weighted by Crippen LogP contribution is 2.51. The number of fused-ring (bicyclic) bond motifs is 5. The molecule has 0 amide bonds. The molecular formula is C49H33N5. The van der Waals surface area contributed by atoms with Gasteiger partial charge in [-0.15, -0.1) is 0 Å². The van der Waals surface area contributed by atoms with E-state index in [-0.39, 0.29) is 0 Å². The summed E-state index contributed by atoms with van der Waals surface area (Å²) in [5.41, 5.74) is 14.3. The van der Waals surface area contributed by atoms with Gasteiger partial charge in [0.25, 0.3) is 0 Å². The lowest BCUT2D eigenvalue weighted by Crippen LogP contribution is -2.10. The van der Waals surface area contributed by atoms with Gasteiger partial charge in [-0.2, -0.15) is 0 Å². The number of para-hydroxylation sites is 2. The number of hydrogen-bond acceptors (Lipinski definition) is 4. The normalized spacial score (nSPS) is 11.7. The molecule has 1 aliphatic heterocycles. The van der Waals surface area contributed by atoms with Crippen LogP contribution in [0.3, 0.4) is 0 Å². The Morgan fingerprint density at radius 3 is 1.44 bits per heavy atom. The maximum absolute atomic E-state index is 4.94. The summed E-state index contributed by atoms with van der Waals surface area (Å²) in [4.78, 5) is 17.1. The van der Waals surface area contributed by atoms with Gasteiger partial charge in [-0.1, -0.05) is 158 Å². The van der Waals surface area contributed by atoms with E-state index < -0.39 is 0 Å². The highest BCUT2D eigenvalue weighted by atomic mass is 15.2. The second kappa shape index (κ2) is 13.3. The molecule has 0 bridgehead atoms. The number of anilines is 3. The highest BCUT2D eigenvalue weighted by molar-refractivity contribution is 6.02. The van der Waals surface area contributed by atoms with Crippen LogP contribution in [0.5, 0.6) is 0 Å². The van der Waals surface area contributed by atoms with Crippen LogP contribution in [-0.2, 0) is 0 Å². The van der Waals surface area contributed by atoms with E-state index in [1.165, 1.54) is 16.7 Å². The predicted molar refractivity (Wildman–Crippen MR) is 220 cm³/mol. The summed E-state index contributed by atoms with van der Waals surface area (Å²) < 4.78 is 2.31. The zero-order valence-electron chi connectivity index (χ0n) is 29.3. The zero-order valence-corrected chi connectivity index (χ0v) is 29.3. The van der Waals surface area contributed by atoms with Crippen molar-refractivity contribution in [1.82, 2.24) is 19.5 Å². The minimum Gasteiger partial charge on any atom is -0.315 e. The molecule has 0 fully saturated rings. The average Bonchev–Trinajstić information content (AvgIpc) is 3.64. The third kappa shape index (κ3) is 5.56. The van der Waals surface area contributed by atoms with Gasteiger partial charge in [0.2, 0.25) is 0 Å². The van der Waals surface area contributed by atoms with Crippen LogP contribution in [0, 0.1) is 0 Å². The van der Waals surface area contributed by atoms with Gasteiger partial charge in [0.15, 0.2) is 17.5 Å². The Labute approximate surface area is 314 Å². The van der Waals surface area contributed by atoms with E-state index in [1.54, 1.807) is 0 Å². The zero-order chi connectivity index (χ0) is 35.8. The molecule has 0 saturated heterocycles. The van der Waals surface area contributed by atoms with Crippen molar-refractivity contribution in [2.75, 3.05) is 4.90 Å². The number of hydrogen-bond donors (Lipinski definition) is 0. The van der Waals surface area contributed by atoms with Gasteiger partial charge in [0.1, 0.15) is 0 Å². The molecule has 10 rings (SSSR count). The Bertz CT molecular complexity index is 2700. The molecule has 2 aromatic heterocycles. The van der Waals surface area contributed by atoms with Crippen molar-refractivity contribution in [3.63, 3.8) is 0 Å². The third-order valence-electron chi connectivity index (χ3n) is 10.0. The van der Waals surface area contributed by atoms with Gasteiger partial charge in [-0.05, 0) is 53.1 Å². The summed E-state index contributed by atoms with van der Waals surface area (Å²) in [6.07, 6.45) is 2.19. The van der Waals surface area contributed by atoms with Crippen molar-refractivity contribution >= 4 is 17.1 Å². The summed E-state index contributed by atoms with van der Waals surface area (Å²) in [6, 6.07) is 67.8. The lowest BCUT2D eigenvalue weighted by Gasteiger charge is -2.26. The molecule has 254 valence electrons. The molecule has 0 N–H and O–H groups in total. The molecule has 0 atom stereocenters. The quantitative estimate of drug-likeness (QED) is 0.174. The standard InChI is InChI=1S/C49H33N5/c1-4-15-35(16-5-1)47-50-48(36-17-6-2-7-18-36)52-49(51-47)37-29-27-34(28-30-37)38-19-14-22-40(33-38)54-44-26-13-12-24-42(44)41-23-10-11-25-43(41)46-45(54)31-32-53(46)39-20-8-3-9-21-39/h1-33H. The lowest BCUT2D eigenvalue weighted by molar-refractivity contribution is 1.07. The van der Waals surface area contributed by atoms with Gasteiger partial charge in [-0.3, -0.25) is 0 Å². The fraction of sp³-hybridized carbons (Fsp3) is 0. The SMILES string of the molecule is c1ccc(-c2nc(-c3ccccc3)nc(-c3ccc(-c4cccc(N5c6ccccc6-c6ccccc6-c6c5ccn6-c5ccccc5)c4)cc3)n2)cc1. The summed E-state index contributed by atoms with van der Waals surface area (Å²) in [5.74, 6) is 1.94. The van der Waals surface area contributed by atoms with E-state index in [0.29, 0.717) is 17.5 Å². The molecule has 5 heteroatoms. The molecular weight excluding hydrogens is 659 g/mol. The van der Waals surface area contributed by atoms with Crippen molar-refractivity contribution in [3.8, 4) is 73.4 Å². The van der Waals surface area contributed by atoms with Gasteiger partial charge in [0.05, 0.1) is 17.1 Å². The average molecular weight is 692 g/mol. The molecule has 0 unspecified atom stereocenters. The van der Waals surface area contributed by atoms with Crippen molar-refractivity contribution < 1.29 is 0 Å². The van der Waals surface area contributed by atoms with Crippen LogP contribution in [0.1, 0.15) is 0 Å². The van der Waals surface area contributed by atoms with E-state index >= 15 is 0 Å². The summed E-state index contributed by atoms with van der Waals surface area (Å²) >= 11 is 0. The van der Waals surface area contributed by atoms with Gasteiger partial charge in [-0.25, -0.2) is 15.0 Å². The summed E-state index contributed by atoms with van der Waals surface area (Å²) in [5, 5.41) is 0. The smallest absolute Gasteiger partial charge is 0.164 e. The van der Waals surface area contributed by atoms with E-state index in [0.717, 1.165) is 56.3 Å². The first-order valence-corrected chi connectivity index (χ1v) is 18.1. The molecule has 3 heterocycles. The Morgan fingerprint density at radius 1 is 0.315 bits per heavy atom. The Balaban J connectivity index is 1.07. The molecule has 5 nitrogen and oxygen atoms in total. The number of nitrogens with zero attached hydrogens (tertiary/aromatic N) is 5. The second-order valence-electron chi connectivity index (χ2n) is 13.3. The molecule has 0 radical (unpaired) electrons. The molecule has 54 heavy (non-hydrogen) atoms. The predicted octanol–water partition coefficient (Wildman–Crippen LogP) is 12.4. The van der Waals surface area contributed by atoms with Gasteiger partial charge < -0.3 is 9.47 Å². The Hall–Kier alpha value is -7.37. The molecule has 1 aliphatic rings. The number of rotatable bonds is 6. The second-order valence-corrected chi connectivity index (χ2v) is 13.3. The fourth-order valence-corrected chi connectivity index (χ4v) is 7.48. The van der Waals surface area contributed by atoms with Crippen molar-refractivity contribution in [2.24, 2.45) is 0 Å². The van der Waals surface area contributed by atoms with E-state index in [9.17, 15) is 0 Å². The molecule has 0 spiro atoms. The Morgan fingerprint density at radius 2 is 0.796 bits per heavy atom. The van der Waals surface area contributed by atoms with Gasteiger partial charge >= 0.3 is 0 Å². The van der Waals surface area contributed by atoms with Crippen LogP contribution in [0.4, 0.5) is 17.1 Å². The van der Waals surface area contributed by atoms with Crippen molar-refractivity contribution in [2.45, 2.75) is 0 Å². The van der Waals surface area contributed by atoms with Crippen molar-refractivity contribution in [3.05, 3.63) is 200 Å². The third-order valence-corrected chi connectivity index (χ3v) is 10.0. The highest BCUT2D eigenvalue weighted by Gasteiger charge is 2.29. The van der Waals surface area contributed by atoms with Crippen LogP contribution in [0.2, 0.25) is 0 Å². The van der Waals surface area contributed by atoms with E-state index in [1.807, 2.05) is 60.7 Å². The van der Waals surface area contributed by atoms with Crippen molar-refractivity contribution in [1.29, 1.82) is 0 Å². The van der Waals surface area contributed by atoms with Crippen LogP contribution >= 0.6 is 0 Å². The van der Waals surface area contributed by atoms with Crippen LogP contribution in [0.15, 0.2) is 200 Å². The first-order chi connectivity index (χ1) is 26.8. The minimum absolute atomic E-state index is 0.638. The van der Waals surface area contributed by atoms with E-state index in [2.05, 4.69) is 149 Å². The number of benzene rings is 7. The van der Waals surface area contributed by atoms with Gasteiger partial charge in [0, 0.05) is 45.4 Å². The molecule has 9 aromatic rings. The van der Waals surface area contributed by atoms with Crippen LogP contribution < -0.4 is 4.90 Å². The first kappa shape index (κ1) is 31.4. The number of aromatic nitrogens is 4. The fourth-order valence-electron chi connectivity index (χ4n) is 7.48. The summed E-state index contributed by atoms with van der Waals surface area (Å²) in [6.45, 7) is 0. The lowest BCUT2D eigenvalue weighted by atomic mass is 9.97. The maximum atomic E-state index is 4.94. The van der Waals surface area contributed by atoms with Crippen LogP contribution in [0.25, 0.3) is 73.4 Å². The molecule has 7 aromatic carbocycles. The first-order valence-electron chi connectivity index (χ1n) is 18.1. The summed E-state index contributed by atoms with van der Waals surface area (Å²) in [7, 11) is 0. The topological polar surface area (TPSA) is 46.8 Å². The van der Waals surface area contributed by atoms with E-state index in [4.69, 9.17) is 15.0 Å². The largest absolute Gasteiger partial charge is 0.315 e. The minimum atomic E-state index is 0.638. The monoisotopic (exact) mass is 691 g/mol. The molecule has 0 saturated carbocycles. The van der Waals surface area contributed by atoms with Crippen LogP contribution in [-0.4, -0.2) is 19.5 Å².